The van der Waals surface area contributed by atoms with Crippen molar-refractivity contribution < 1.29 is 9.53 Å². The molecule has 1 heterocycles. The van der Waals surface area contributed by atoms with Crippen LogP contribution in [0.5, 0.6) is 5.75 Å². The summed E-state index contributed by atoms with van der Waals surface area (Å²) < 4.78 is 5.46. The minimum atomic E-state index is -0.136. The Morgan fingerprint density at radius 2 is 2.00 bits per heavy atom. The zero-order valence-corrected chi connectivity index (χ0v) is 14.1. The minimum absolute atomic E-state index is 0.00153. The molecule has 0 fully saturated rings. The molecule has 0 spiro atoms. The van der Waals surface area contributed by atoms with Crippen LogP contribution in [0.1, 0.15) is 30.5 Å². The van der Waals surface area contributed by atoms with Crippen LogP contribution >= 0.6 is 0 Å². The fourth-order valence-corrected chi connectivity index (χ4v) is 2.28. The van der Waals surface area contributed by atoms with Gasteiger partial charge in [-0.05, 0) is 31.0 Å². The van der Waals surface area contributed by atoms with Crippen molar-refractivity contribution in [1.82, 2.24) is 10.3 Å². The summed E-state index contributed by atoms with van der Waals surface area (Å²) in [6.45, 7) is 4.52. The molecular weight excluding hydrogens is 300 g/mol. The van der Waals surface area contributed by atoms with Crippen LogP contribution in [-0.4, -0.2) is 24.0 Å². The number of hydrogen-bond donors (Lipinski definition) is 1. The summed E-state index contributed by atoms with van der Waals surface area (Å²) in [4.78, 5) is 16.4. The molecule has 0 saturated heterocycles. The molecule has 2 rings (SSSR count). The molecule has 1 aromatic heterocycles. The van der Waals surface area contributed by atoms with Gasteiger partial charge in [-0.2, -0.15) is 0 Å². The van der Waals surface area contributed by atoms with Crippen molar-refractivity contribution in [3.63, 3.8) is 0 Å². The Hall–Kier alpha value is -2.80. The normalized spacial score (nSPS) is 11.1. The molecule has 124 valence electrons. The monoisotopic (exact) mass is 322 g/mol. The molecule has 1 atom stereocenters. The van der Waals surface area contributed by atoms with E-state index in [1.54, 1.807) is 6.20 Å². The number of nitrogens with one attached hydrogen (secondary N) is 1. The Kier molecular flexibility index (Phi) is 6.85. The lowest BCUT2D eigenvalue weighted by Crippen LogP contribution is -2.29. The lowest BCUT2D eigenvalue weighted by atomic mass is 9.96. The number of aromatic nitrogens is 1. The quantitative estimate of drug-likeness (QED) is 0.832. The molecular formula is C20H22N2O2. The van der Waals surface area contributed by atoms with E-state index in [1.807, 2.05) is 56.3 Å². The molecule has 0 radical (unpaired) electrons. The fraction of sp³-hybridized carbons (Fsp3) is 0.300. The molecule has 1 N–H and O–H groups in total. The summed E-state index contributed by atoms with van der Waals surface area (Å²) in [5.74, 6) is 6.34. The summed E-state index contributed by atoms with van der Waals surface area (Å²) in [6, 6.07) is 13.5. The molecule has 1 aromatic carbocycles. The van der Waals surface area contributed by atoms with Gasteiger partial charge in [0.15, 0.2) is 0 Å². The Morgan fingerprint density at radius 1 is 1.21 bits per heavy atom. The van der Waals surface area contributed by atoms with Crippen LogP contribution in [0.3, 0.4) is 0 Å². The zero-order chi connectivity index (χ0) is 17.2. The van der Waals surface area contributed by atoms with Crippen molar-refractivity contribution in [2.45, 2.75) is 26.2 Å². The molecule has 0 saturated carbocycles. The highest BCUT2D eigenvalue weighted by Crippen LogP contribution is 2.18. The Bertz CT molecular complexity index is 700. The first-order valence-corrected chi connectivity index (χ1v) is 8.04. The van der Waals surface area contributed by atoms with E-state index in [0.29, 0.717) is 12.3 Å². The number of nitrogens with zero attached hydrogens (tertiary/aromatic N) is 1. The molecule has 0 aliphatic rings. The lowest BCUT2D eigenvalue weighted by molar-refractivity contribution is -0.122. The van der Waals surface area contributed by atoms with Gasteiger partial charge in [0.1, 0.15) is 12.4 Å². The maximum absolute atomic E-state index is 12.2. The van der Waals surface area contributed by atoms with Crippen molar-refractivity contribution in [1.29, 1.82) is 0 Å². The second-order valence-electron chi connectivity index (χ2n) is 5.37. The Labute approximate surface area is 143 Å². The van der Waals surface area contributed by atoms with Gasteiger partial charge in [0.2, 0.25) is 5.91 Å². The van der Waals surface area contributed by atoms with Crippen LogP contribution in [-0.2, 0) is 4.79 Å². The summed E-state index contributed by atoms with van der Waals surface area (Å²) in [5, 5.41) is 2.86. The molecule has 1 unspecified atom stereocenters. The van der Waals surface area contributed by atoms with Gasteiger partial charge in [0.25, 0.3) is 0 Å². The predicted molar refractivity (Wildman–Crippen MR) is 94.7 cm³/mol. The molecule has 24 heavy (non-hydrogen) atoms. The van der Waals surface area contributed by atoms with E-state index in [-0.39, 0.29) is 18.4 Å². The number of rotatable bonds is 6. The highest BCUT2D eigenvalue weighted by Gasteiger charge is 2.17. The third-order valence-electron chi connectivity index (χ3n) is 3.60. The van der Waals surface area contributed by atoms with Gasteiger partial charge in [0.05, 0.1) is 18.7 Å². The van der Waals surface area contributed by atoms with Crippen molar-refractivity contribution >= 4 is 5.91 Å². The second kappa shape index (κ2) is 9.36. The van der Waals surface area contributed by atoms with E-state index in [9.17, 15) is 4.79 Å². The first-order valence-electron chi connectivity index (χ1n) is 8.04. The first kappa shape index (κ1) is 17.6. The van der Waals surface area contributed by atoms with Crippen LogP contribution in [0.4, 0.5) is 0 Å². The zero-order valence-electron chi connectivity index (χ0n) is 14.1. The second-order valence-corrected chi connectivity index (χ2v) is 5.37. The number of amides is 1. The van der Waals surface area contributed by atoms with Gasteiger partial charge in [0, 0.05) is 5.69 Å². The van der Waals surface area contributed by atoms with Crippen molar-refractivity contribution in [2.24, 2.45) is 0 Å². The average Bonchev–Trinajstić information content (AvgIpc) is 2.61. The van der Waals surface area contributed by atoms with Crippen molar-refractivity contribution in [3.05, 3.63) is 59.9 Å². The number of hydrogen-bond acceptors (Lipinski definition) is 3. The predicted octanol–water partition coefficient (Wildman–Crippen LogP) is 3.08. The van der Waals surface area contributed by atoms with Gasteiger partial charge in [-0.25, -0.2) is 0 Å². The van der Waals surface area contributed by atoms with E-state index >= 15 is 0 Å². The summed E-state index contributed by atoms with van der Waals surface area (Å²) in [5.41, 5.74) is 1.97. The highest BCUT2D eigenvalue weighted by molar-refractivity contribution is 5.83. The van der Waals surface area contributed by atoms with Gasteiger partial charge in [-0.3, -0.25) is 9.78 Å². The number of carbonyl (C=O) groups excluding carboxylic acids is 1. The van der Waals surface area contributed by atoms with Crippen LogP contribution in [0.2, 0.25) is 0 Å². The van der Waals surface area contributed by atoms with E-state index in [1.165, 1.54) is 0 Å². The third kappa shape index (κ3) is 5.44. The van der Waals surface area contributed by atoms with Gasteiger partial charge in [-0.15, -0.1) is 0 Å². The number of benzene rings is 1. The van der Waals surface area contributed by atoms with E-state index in [0.717, 1.165) is 17.7 Å². The number of ether oxygens (including phenoxy) is 1. The molecule has 2 aromatic rings. The van der Waals surface area contributed by atoms with Crippen molar-refractivity contribution in [2.75, 3.05) is 13.2 Å². The SMILES string of the molecule is CCC(C(=O)NCC#CCOc1ccc(C)nc1)c1ccccc1. The summed E-state index contributed by atoms with van der Waals surface area (Å²) in [6.07, 6.45) is 2.43. The fourth-order valence-electron chi connectivity index (χ4n) is 2.28. The Balaban J connectivity index is 1.75. The van der Waals surface area contributed by atoms with Crippen LogP contribution in [0, 0.1) is 18.8 Å². The van der Waals surface area contributed by atoms with Crippen LogP contribution in [0.15, 0.2) is 48.7 Å². The van der Waals surface area contributed by atoms with Crippen LogP contribution < -0.4 is 10.1 Å². The molecule has 0 aliphatic heterocycles. The largest absolute Gasteiger partial charge is 0.479 e. The third-order valence-corrected chi connectivity index (χ3v) is 3.60. The lowest BCUT2D eigenvalue weighted by Gasteiger charge is -2.14. The average molecular weight is 322 g/mol. The molecule has 4 heteroatoms. The molecule has 1 amide bonds. The maximum Gasteiger partial charge on any atom is 0.228 e. The van der Waals surface area contributed by atoms with Crippen molar-refractivity contribution in [3.8, 4) is 17.6 Å². The summed E-state index contributed by atoms with van der Waals surface area (Å²) >= 11 is 0. The first-order chi connectivity index (χ1) is 11.7. The van der Waals surface area contributed by atoms with E-state index in [4.69, 9.17) is 4.74 Å². The smallest absolute Gasteiger partial charge is 0.228 e. The number of pyridine rings is 1. The number of aryl methyl sites for hydroxylation is 1. The Morgan fingerprint density at radius 3 is 2.67 bits per heavy atom. The highest BCUT2D eigenvalue weighted by atomic mass is 16.5. The molecule has 4 nitrogen and oxygen atoms in total. The maximum atomic E-state index is 12.2. The van der Waals surface area contributed by atoms with Crippen LogP contribution in [0.25, 0.3) is 0 Å². The van der Waals surface area contributed by atoms with Gasteiger partial charge < -0.3 is 10.1 Å². The standard InChI is InChI=1S/C20H22N2O2/c1-3-19(17-9-5-4-6-10-17)20(23)21-13-7-8-14-24-18-12-11-16(2)22-15-18/h4-6,9-12,15,19H,3,13-14H2,1-2H3,(H,21,23). The van der Waals surface area contributed by atoms with E-state index < -0.39 is 0 Å². The molecule has 0 aliphatic carbocycles. The van der Waals surface area contributed by atoms with Gasteiger partial charge in [-0.1, -0.05) is 49.1 Å². The summed E-state index contributed by atoms with van der Waals surface area (Å²) in [7, 11) is 0. The molecule has 0 bridgehead atoms. The van der Waals surface area contributed by atoms with E-state index in [2.05, 4.69) is 22.1 Å². The topological polar surface area (TPSA) is 51.2 Å². The minimum Gasteiger partial charge on any atom is -0.479 e. The van der Waals surface area contributed by atoms with Gasteiger partial charge >= 0.3 is 0 Å². The number of carbonyl (C=O) groups is 1.